The van der Waals surface area contributed by atoms with Crippen LogP contribution in [0.2, 0.25) is 0 Å². The van der Waals surface area contributed by atoms with E-state index in [2.05, 4.69) is 10.6 Å². The van der Waals surface area contributed by atoms with Gasteiger partial charge >= 0.3 is 5.97 Å². The third-order valence-corrected chi connectivity index (χ3v) is 3.64. The highest BCUT2D eigenvalue weighted by Gasteiger charge is 2.36. The van der Waals surface area contributed by atoms with Gasteiger partial charge in [0.2, 0.25) is 5.91 Å². The molecular weight excluding hydrogens is 244 g/mol. The van der Waals surface area contributed by atoms with Gasteiger partial charge in [0, 0.05) is 12.2 Å². The van der Waals surface area contributed by atoms with E-state index in [1.54, 1.807) is 19.1 Å². The number of anilines is 1. The van der Waals surface area contributed by atoms with Gasteiger partial charge in [0.15, 0.2) is 0 Å². The summed E-state index contributed by atoms with van der Waals surface area (Å²) in [6, 6.07) is 4.70. The second-order valence-electron chi connectivity index (χ2n) is 5.28. The highest BCUT2D eigenvalue weighted by atomic mass is 16.4. The van der Waals surface area contributed by atoms with Crippen molar-refractivity contribution in [3.63, 3.8) is 0 Å². The molecule has 0 aromatic heterocycles. The van der Waals surface area contributed by atoms with Crippen LogP contribution in [0.4, 0.5) is 5.69 Å². The summed E-state index contributed by atoms with van der Waals surface area (Å²) in [6.07, 6.45) is 0.811. The van der Waals surface area contributed by atoms with Gasteiger partial charge in [-0.3, -0.25) is 4.79 Å². The van der Waals surface area contributed by atoms with Crippen LogP contribution in [0.5, 0.6) is 0 Å². The first-order chi connectivity index (χ1) is 8.92. The Morgan fingerprint density at radius 3 is 2.68 bits per heavy atom. The molecule has 1 saturated heterocycles. The van der Waals surface area contributed by atoms with Crippen LogP contribution in [0.1, 0.15) is 29.3 Å². The largest absolute Gasteiger partial charge is 0.478 e. The van der Waals surface area contributed by atoms with E-state index in [0.717, 1.165) is 18.5 Å². The predicted molar refractivity (Wildman–Crippen MR) is 72.4 cm³/mol. The van der Waals surface area contributed by atoms with Crippen LogP contribution >= 0.6 is 0 Å². The van der Waals surface area contributed by atoms with Crippen LogP contribution in [0.15, 0.2) is 18.2 Å². The summed E-state index contributed by atoms with van der Waals surface area (Å²) >= 11 is 0. The molecule has 2 rings (SSSR count). The predicted octanol–water partition coefficient (Wildman–Crippen LogP) is 1.63. The number of benzene rings is 1. The summed E-state index contributed by atoms with van der Waals surface area (Å²) in [6.45, 7) is 5.24. The van der Waals surface area contributed by atoms with E-state index in [1.165, 1.54) is 6.07 Å². The van der Waals surface area contributed by atoms with E-state index in [1.807, 2.05) is 6.92 Å². The van der Waals surface area contributed by atoms with Gasteiger partial charge in [0.1, 0.15) is 0 Å². The standard InChI is InChI=1S/C14H18N2O3/c1-9-7-10(12(17)18)3-4-11(9)16-13(19)14(2)5-6-15-8-14/h3-4,7,15H,5-6,8H2,1-2H3,(H,16,19)(H,17,18). The summed E-state index contributed by atoms with van der Waals surface area (Å²) in [4.78, 5) is 23.1. The molecule has 1 aliphatic heterocycles. The monoisotopic (exact) mass is 262 g/mol. The fourth-order valence-electron chi connectivity index (χ4n) is 2.22. The molecule has 1 aromatic carbocycles. The molecule has 1 unspecified atom stereocenters. The molecule has 1 heterocycles. The summed E-state index contributed by atoms with van der Waals surface area (Å²) in [5.41, 5.74) is 1.26. The minimum atomic E-state index is -0.965. The summed E-state index contributed by atoms with van der Waals surface area (Å²) in [5.74, 6) is -0.989. The smallest absolute Gasteiger partial charge is 0.335 e. The molecule has 3 N–H and O–H groups in total. The normalized spacial score (nSPS) is 22.2. The SMILES string of the molecule is Cc1cc(C(=O)O)ccc1NC(=O)C1(C)CCNC1. The van der Waals surface area contributed by atoms with Crippen molar-refractivity contribution >= 4 is 17.6 Å². The van der Waals surface area contributed by atoms with Gasteiger partial charge in [0.25, 0.3) is 0 Å². The Labute approximate surface area is 112 Å². The fraction of sp³-hybridized carbons (Fsp3) is 0.429. The van der Waals surface area contributed by atoms with Crippen molar-refractivity contribution in [2.75, 3.05) is 18.4 Å². The van der Waals surface area contributed by atoms with Crippen LogP contribution in [-0.4, -0.2) is 30.1 Å². The Morgan fingerprint density at radius 1 is 1.42 bits per heavy atom. The maximum Gasteiger partial charge on any atom is 0.335 e. The molecule has 1 aromatic rings. The zero-order valence-corrected chi connectivity index (χ0v) is 11.1. The maximum atomic E-state index is 12.2. The lowest BCUT2D eigenvalue weighted by Crippen LogP contribution is -2.35. The van der Waals surface area contributed by atoms with Crippen molar-refractivity contribution in [1.29, 1.82) is 0 Å². The van der Waals surface area contributed by atoms with E-state index in [9.17, 15) is 9.59 Å². The van der Waals surface area contributed by atoms with Crippen LogP contribution in [0, 0.1) is 12.3 Å². The Bertz CT molecular complexity index is 519. The van der Waals surface area contributed by atoms with Crippen molar-refractivity contribution in [2.24, 2.45) is 5.41 Å². The third-order valence-electron chi connectivity index (χ3n) is 3.64. The highest BCUT2D eigenvalue weighted by molar-refractivity contribution is 5.97. The van der Waals surface area contributed by atoms with E-state index in [4.69, 9.17) is 5.11 Å². The first-order valence-corrected chi connectivity index (χ1v) is 6.28. The topological polar surface area (TPSA) is 78.4 Å². The lowest BCUT2D eigenvalue weighted by molar-refractivity contribution is -0.123. The lowest BCUT2D eigenvalue weighted by Gasteiger charge is -2.22. The number of nitrogens with one attached hydrogen (secondary N) is 2. The van der Waals surface area contributed by atoms with Gasteiger partial charge in [-0.15, -0.1) is 0 Å². The van der Waals surface area contributed by atoms with Crippen molar-refractivity contribution in [2.45, 2.75) is 20.3 Å². The Balaban J connectivity index is 2.15. The molecule has 1 fully saturated rings. The second kappa shape index (κ2) is 5.01. The minimum Gasteiger partial charge on any atom is -0.478 e. The van der Waals surface area contributed by atoms with Gasteiger partial charge in [-0.1, -0.05) is 0 Å². The van der Waals surface area contributed by atoms with E-state index >= 15 is 0 Å². The van der Waals surface area contributed by atoms with Gasteiger partial charge in [0.05, 0.1) is 11.0 Å². The molecule has 102 valence electrons. The molecule has 0 radical (unpaired) electrons. The van der Waals surface area contributed by atoms with Crippen LogP contribution in [0.25, 0.3) is 0 Å². The molecule has 5 heteroatoms. The first-order valence-electron chi connectivity index (χ1n) is 6.28. The Kier molecular flexibility index (Phi) is 3.57. The van der Waals surface area contributed by atoms with Crippen LogP contribution < -0.4 is 10.6 Å². The molecule has 19 heavy (non-hydrogen) atoms. The minimum absolute atomic E-state index is 0.0244. The number of carboxylic acid groups (broad SMARTS) is 1. The van der Waals surface area contributed by atoms with E-state index in [-0.39, 0.29) is 11.5 Å². The van der Waals surface area contributed by atoms with Crippen molar-refractivity contribution in [3.8, 4) is 0 Å². The summed E-state index contributed by atoms with van der Waals surface area (Å²) < 4.78 is 0. The Morgan fingerprint density at radius 2 is 2.16 bits per heavy atom. The van der Waals surface area contributed by atoms with Gasteiger partial charge in [-0.2, -0.15) is 0 Å². The fourth-order valence-corrected chi connectivity index (χ4v) is 2.22. The molecule has 0 aliphatic carbocycles. The number of rotatable bonds is 3. The number of carbonyl (C=O) groups is 2. The number of carbonyl (C=O) groups excluding carboxylic acids is 1. The first kappa shape index (κ1) is 13.5. The molecule has 0 bridgehead atoms. The number of amides is 1. The highest BCUT2D eigenvalue weighted by Crippen LogP contribution is 2.27. The number of hydrogen-bond donors (Lipinski definition) is 3. The number of aromatic carboxylic acids is 1. The average Bonchev–Trinajstić information content (AvgIpc) is 2.80. The van der Waals surface area contributed by atoms with Gasteiger partial charge < -0.3 is 15.7 Å². The quantitative estimate of drug-likeness (QED) is 0.773. The molecule has 1 amide bonds. The van der Waals surface area contributed by atoms with Crippen LogP contribution in [0.3, 0.4) is 0 Å². The van der Waals surface area contributed by atoms with E-state index < -0.39 is 11.4 Å². The molecular formula is C14H18N2O3. The van der Waals surface area contributed by atoms with Gasteiger partial charge in [-0.25, -0.2) is 4.79 Å². The molecule has 5 nitrogen and oxygen atoms in total. The average molecular weight is 262 g/mol. The van der Waals surface area contributed by atoms with E-state index in [0.29, 0.717) is 12.2 Å². The number of hydrogen-bond acceptors (Lipinski definition) is 3. The van der Waals surface area contributed by atoms with Crippen LogP contribution in [-0.2, 0) is 4.79 Å². The van der Waals surface area contributed by atoms with Crippen molar-refractivity contribution < 1.29 is 14.7 Å². The summed E-state index contributed by atoms with van der Waals surface area (Å²) in [5, 5.41) is 15.0. The molecule has 0 spiro atoms. The zero-order chi connectivity index (χ0) is 14.0. The summed E-state index contributed by atoms with van der Waals surface area (Å²) in [7, 11) is 0. The molecule has 1 atom stereocenters. The Hall–Kier alpha value is -1.88. The third kappa shape index (κ3) is 2.76. The molecule has 0 saturated carbocycles. The van der Waals surface area contributed by atoms with Crippen molar-refractivity contribution in [1.82, 2.24) is 5.32 Å². The maximum absolute atomic E-state index is 12.2. The zero-order valence-electron chi connectivity index (χ0n) is 11.1. The van der Waals surface area contributed by atoms with Gasteiger partial charge in [-0.05, 0) is 50.6 Å². The molecule has 1 aliphatic rings. The number of aryl methyl sites for hydroxylation is 1. The number of carboxylic acids is 1. The second-order valence-corrected chi connectivity index (χ2v) is 5.28. The van der Waals surface area contributed by atoms with Crippen molar-refractivity contribution in [3.05, 3.63) is 29.3 Å². The lowest BCUT2D eigenvalue weighted by atomic mass is 9.88.